The van der Waals surface area contributed by atoms with Crippen molar-refractivity contribution in [1.82, 2.24) is 0 Å². The Morgan fingerprint density at radius 2 is 1.82 bits per heavy atom. The van der Waals surface area contributed by atoms with Crippen molar-refractivity contribution in [2.45, 2.75) is 111 Å². The van der Waals surface area contributed by atoms with E-state index in [1.165, 1.54) is 32.6 Å². The van der Waals surface area contributed by atoms with Gasteiger partial charge in [-0.05, 0) is 79.4 Å². The van der Waals surface area contributed by atoms with E-state index in [-0.39, 0.29) is 29.2 Å². The molecule has 0 amide bonds. The Morgan fingerprint density at radius 1 is 1.06 bits per heavy atom. The third-order valence-electron chi connectivity index (χ3n) is 11.3. The highest BCUT2D eigenvalue weighted by molar-refractivity contribution is 5.66. The Kier molecular flexibility index (Phi) is 5.71. The highest BCUT2D eigenvalue weighted by atomic mass is 16.6. The molecule has 3 heteroatoms. The van der Waals surface area contributed by atoms with Gasteiger partial charge in [0.15, 0.2) is 0 Å². The second kappa shape index (κ2) is 7.97. The Labute approximate surface area is 201 Å². The Morgan fingerprint density at radius 3 is 2.52 bits per heavy atom. The Balaban J connectivity index is 1.37. The van der Waals surface area contributed by atoms with Crippen LogP contribution in [0.1, 0.15) is 93.4 Å². The largest absolute Gasteiger partial charge is 0.462 e. The van der Waals surface area contributed by atoms with Gasteiger partial charge in [-0.15, -0.1) is 0 Å². The third kappa shape index (κ3) is 3.50. The molecule has 184 valence electrons. The molecule has 0 aromatic heterocycles. The van der Waals surface area contributed by atoms with E-state index in [2.05, 4.69) is 59.8 Å². The molecule has 3 saturated carbocycles. The lowest BCUT2D eigenvalue weighted by Crippen LogP contribution is -2.55. The molecular weight excluding hydrogens is 408 g/mol. The van der Waals surface area contributed by atoms with Crippen LogP contribution in [0.2, 0.25) is 0 Å². The molecule has 1 spiro atoms. The summed E-state index contributed by atoms with van der Waals surface area (Å²) in [5.41, 5.74) is 2.25. The van der Waals surface area contributed by atoms with Crippen molar-refractivity contribution in [3.05, 3.63) is 23.8 Å². The first kappa shape index (κ1) is 23.6. The lowest BCUT2D eigenvalue weighted by Gasteiger charge is -2.56. The Hall–Kier alpha value is -1.09. The summed E-state index contributed by atoms with van der Waals surface area (Å²) in [7, 11) is 0. The van der Waals surface area contributed by atoms with Crippen LogP contribution in [0.3, 0.4) is 0 Å². The molecule has 0 radical (unpaired) electrons. The maximum absolute atomic E-state index is 11.6. The molecule has 10 atom stereocenters. The predicted molar refractivity (Wildman–Crippen MR) is 133 cm³/mol. The molecule has 4 aliphatic carbocycles. The van der Waals surface area contributed by atoms with E-state index in [1.54, 1.807) is 5.57 Å². The minimum atomic E-state index is -0.152. The molecule has 5 aliphatic rings. The van der Waals surface area contributed by atoms with Crippen molar-refractivity contribution in [1.29, 1.82) is 0 Å². The normalized spacial score (nSPS) is 47.8. The summed E-state index contributed by atoms with van der Waals surface area (Å²) in [6, 6.07) is 0. The second-order valence-corrected chi connectivity index (χ2v) is 13.2. The summed E-state index contributed by atoms with van der Waals surface area (Å²) in [5.74, 6) is 3.98. The van der Waals surface area contributed by atoms with Gasteiger partial charge in [0.2, 0.25) is 0 Å². The van der Waals surface area contributed by atoms with Gasteiger partial charge in [0.25, 0.3) is 0 Å². The fourth-order valence-electron chi connectivity index (χ4n) is 8.84. The van der Waals surface area contributed by atoms with Crippen LogP contribution in [0.5, 0.6) is 0 Å². The number of ether oxygens (including phenoxy) is 2. The standard InChI is InChI=1S/C30H46O3/c1-18(2)19(3)8-9-20(4)24-10-11-25-23-16-27-30(33-27)17-22(32-21(5)31)12-15-29(30,7)26(23)13-14-28(24,25)6/h8-9,16,18-20,22,24-27H,10-15,17H2,1-7H3/b9-8+/t19-,20+,22+,24+,25+,26+,27-,28-,29-,30-/m0/s1. The third-order valence-corrected chi connectivity index (χ3v) is 11.3. The van der Waals surface area contributed by atoms with Crippen molar-refractivity contribution >= 4 is 5.97 Å². The van der Waals surface area contributed by atoms with E-state index in [1.807, 2.05) is 0 Å². The molecule has 1 aliphatic heterocycles. The number of esters is 1. The lowest BCUT2D eigenvalue weighted by atomic mass is 9.47. The summed E-state index contributed by atoms with van der Waals surface area (Å²) >= 11 is 0. The van der Waals surface area contributed by atoms with E-state index in [4.69, 9.17) is 9.47 Å². The van der Waals surface area contributed by atoms with Gasteiger partial charge in [-0.3, -0.25) is 4.79 Å². The zero-order chi connectivity index (χ0) is 23.8. The molecule has 3 nitrogen and oxygen atoms in total. The minimum absolute atomic E-state index is 0.0288. The predicted octanol–water partition coefficient (Wildman–Crippen LogP) is 7.11. The van der Waals surface area contributed by atoms with Crippen LogP contribution >= 0.6 is 0 Å². The molecule has 0 aromatic rings. The highest BCUT2D eigenvalue weighted by Crippen LogP contribution is 2.72. The molecule has 0 N–H and O–H groups in total. The SMILES string of the molecule is CC(=O)O[C@@H]1CC[C@@]2(C)[C@@H]3CC[C@]4(C)[C@H](CC[C@@H]4[C@H](C)/C=C/[C@H](C)C(C)C)C3=C[C@@H]3O[C@@]32C1. The van der Waals surface area contributed by atoms with E-state index < -0.39 is 0 Å². The average Bonchev–Trinajstić information content (AvgIpc) is 3.32. The smallest absolute Gasteiger partial charge is 0.302 e. The van der Waals surface area contributed by atoms with Crippen LogP contribution in [-0.2, 0) is 14.3 Å². The number of carbonyl (C=O) groups is 1. The summed E-state index contributed by atoms with van der Waals surface area (Å²) < 4.78 is 12.2. The monoisotopic (exact) mass is 454 g/mol. The fourth-order valence-corrected chi connectivity index (χ4v) is 8.84. The van der Waals surface area contributed by atoms with Crippen LogP contribution in [0.25, 0.3) is 0 Å². The zero-order valence-electron chi connectivity index (χ0n) is 22.0. The van der Waals surface area contributed by atoms with Crippen molar-refractivity contribution in [2.24, 2.45) is 46.3 Å². The maximum atomic E-state index is 11.6. The van der Waals surface area contributed by atoms with Gasteiger partial charge < -0.3 is 9.47 Å². The van der Waals surface area contributed by atoms with E-state index in [0.29, 0.717) is 35.0 Å². The number of allylic oxidation sites excluding steroid dienone is 3. The van der Waals surface area contributed by atoms with Crippen molar-refractivity contribution in [3.63, 3.8) is 0 Å². The number of rotatable bonds is 5. The van der Waals surface area contributed by atoms with Crippen LogP contribution in [0.4, 0.5) is 0 Å². The lowest BCUT2D eigenvalue weighted by molar-refractivity contribution is -0.152. The second-order valence-electron chi connectivity index (χ2n) is 13.2. The van der Waals surface area contributed by atoms with E-state index >= 15 is 0 Å². The number of hydrogen-bond acceptors (Lipinski definition) is 3. The molecular formula is C30H46O3. The first-order valence-electron chi connectivity index (χ1n) is 13.8. The molecule has 1 heterocycles. The van der Waals surface area contributed by atoms with E-state index in [0.717, 1.165) is 25.2 Å². The molecule has 0 bridgehead atoms. The number of epoxide rings is 1. The summed E-state index contributed by atoms with van der Waals surface area (Å²) in [5, 5.41) is 0. The molecule has 0 aromatic carbocycles. The minimum Gasteiger partial charge on any atom is -0.462 e. The molecule has 33 heavy (non-hydrogen) atoms. The summed E-state index contributed by atoms with van der Waals surface area (Å²) in [6.45, 7) is 16.1. The molecule has 0 unspecified atom stereocenters. The number of hydrogen-bond donors (Lipinski definition) is 0. The fraction of sp³-hybridized carbons (Fsp3) is 0.833. The van der Waals surface area contributed by atoms with Gasteiger partial charge in [-0.1, -0.05) is 65.3 Å². The number of carbonyl (C=O) groups excluding carboxylic acids is 1. The Bertz CT molecular complexity index is 857. The van der Waals surface area contributed by atoms with Gasteiger partial charge in [0.05, 0.1) is 0 Å². The quantitative estimate of drug-likeness (QED) is 0.252. The van der Waals surface area contributed by atoms with E-state index in [9.17, 15) is 4.79 Å². The van der Waals surface area contributed by atoms with Crippen LogP contribution in [-0.4, -0.2) is 23.8 Å². The summed E-state index contributed by atoms with van der Waals surface area (Å²) in [4.78, 5) is 11.6. The molecule has 5 rings (SSSR count). The van der Waals surface area contributed by atoms with Crippen LogP contribution in [0.15, 0.2) is 23.8 Å². The summed E-state index contributed by atoms with van der Waals surface area (Å²) in [6.07, 6.45) is 16.1. The van der Waals surface area contributed by atoms with Crippen molar-refractivity contribution in [2.75, 3.05) is 0 Å². The highest BCUT2D eigenvalue weighted by Gasteiger charge is 2.74. The van der Waals surface area contributed by atoms with Gasteiger partial charge in [0.1, 0.15) is 17.8 Å². The van der Waals surface area contributed by atoms with Crippen LogP contribution < -0.4 is 0 Å². The van der Waals surface area contributed by atoms with Gasteiger partial charge in [-0.2, -0.15) is 0 Å². The molecule has 4 fully saturated rings. The van der Waals surface area contributed by atoms with Gasteiger partial charge in [-0.25, -0.2) is 0 Å². The van der Waals surface area contributed by atoms with Crippen LogP contribution in [0, 0.1) is 46.3 Å². The van der Waals surface area contributed by atoms with Gasteiger partial charge >= 0.3 is 5.97 Å². The zero-order valence-corrected chi connectivity index (χ0v) is 22.0. The first-order chi connectivity index (χ1) is 15.5. The number of fused-ring (bicyclic) bond motifs is 4. The van der Waals surface area contributed by atoms with Crippen molar-refractivity contribution < 1.29 is 14.3 Å². The van der Waals surface area contributed by atoms with Gasteiger partial charge in [0, 0.05) is 18.8 Å². The topological polar surface area (TPSA) is 38.8 Å². The van der Waals surface area contributed by atoms with Crippen molar-refractivity contribution in [3.8, 4) is 0 Å². The molecule has 1 saturated heterocycles. The maximum Gasteiger partial charge on any atom is 0.302 e. The first-order valence-corrected chi connectivity index (χ1v) is 13.8. The average molecular weight is 455 g/mol.